The molecule has 0 aromatic carbocycles. The molecule has 0 aliphatic carbocycles. The van der Waals surface area contributed by atoms with E-state index >= 15 is 0 Å². The number of rotatable bonds is 1. The first-order chi connectivity index (χ1) is 6.03. The van der Waals surface area contributed by atoms with Crippen molar-refractivity contribution in [1.29, 1.82) is 0 Å². The molecule has 2 rings (SSSR count). The zero-order chi connectivity index (χ0) is 9.64. The predicted molar refractivity (Wildman–Crippen MR) is 40.8 cm³/mol. The summed E-state index contributed by atoms with van der Waals surface area (Å²) in [4.78, 5) is 10.4. The van der Waals surface area contributed by atoms with Crippen molar-refractivity contribution in [3.63, 3.8) is 0 Å². The van der Waals surface area contributed by atoms with Crippen LogP contribution in [0.25, 0.3) is 0 Å². The lowest BCUT2D eigenvalue weighted by Gasteiger charge is -2.20. The van der Waals surface area contributed by atoms with E-state index in [0.717, 1.165) is 0 Å². The van der Waals surface area contributed by atoms with E-state index in [4.69, 9.17) is 14.2 Å². The van der Waals surface area contributed by atoms with Crippen LogP contribution in [-0.4, -0.2) is 41.8 Å². The summed E-state index contributed by atoms with van der Waals surface area (Å²) in [5.41, 5.74) is 0. The highest BCUT2D eigenvalue weighted by Gasteiger charge is 2.54. The van der Waals surface area contributed by atoms with Gasteiger partial charge in [-0.05, 0) is 13.8 Å². The number of aliphatic hydroxyl groups is 1. The second-order valence-electron chi connectivity index (χ2n) is 3.70. The molecule has 2 aliphatic rings. The summed E-state index contributed by atoms with van der Waals surface area (Å²) < 4.78 is 15.8. The van der Waals surface area contributed by atoms with Crippen molar-refractivity contribution >= 4 is 6.29 Å². The first kappa shape index (κ1) is 9.08. The zero-order valence-electron chi connectivity index (χ0n) is 7.47. The fourth-order valence-electron chi connectivity index (χ4n) is 1.63. The summed E-state index contributed by atoms with van der Waals surface area (Å²) in [6.07, 6.45) is -2.37. The molecule has 5 heteroatoms. The zero-order valence-corrected chi connectivity index (χ0v) is 7.47. The number of hydrogen-bond donors (Lipinski definition) is 1. The fraction of sp³-hybridized carbons (Fsp3) is 0.875. The van der Waals surface area contributed by atoms with E-state index in [1.54, 1.807) is 13.8 Å². The number of fused-ring (bicyclic) bond motifs is 1. The maximum atomic E-state index is 10.4. The largest absolute Gasteiger partial charge is 0.387 e. The van der Waals surface area contributed by atoms with Crippen molar-refractivity contribution in [3.05, 3.63) is 0 Å². The third-order valence-electron chi connectivity index (χ3n) is 2.19. The van der Waals surface area contributed by atoms with E-state index < -0.39 is 30.4 Å². The quantitative estimate of drug-likeness (QED) is 0.558. The summed E-state index contributed by atoms with van der Waals surface area (Å²) in [6.45, 7) is 3.47. The van der Waals surface area contributed by atoms with Crippen LogP contribution in [0.5, 0.6) is 0 Å². The van der Waals surface area contributed by atoms with E-state index in [0.29, 0.717) is 6.29 Å². The van der Waals surface area contributed by atoms with Crippen LogP contribution in [0.1, 0.15) is 13.8 Å². The van der Waals surface area contributed by atoms with Gasteiger partial charge in [-0.25, -0.2) is 0 Å². The Bertz CT molecular complexity index is 227. The molecule has 4 atom stereocenters. The van der Waals surface area contributed by atoms with E-state index in [9.17, 15) is 9.90 Å². The Morgan fingerprint density at radius 2 is 2.08 bits per heavy atom. The smallest absolute Gasteiger partial charge is 0.190 e. The minimum atomic E-state index is -0.927. The average molecular weight is 188 g/mol. The molecule has 5 nitrogen and oxygen atoms in total. The minimum Gasteiger partial charge on any atom is -0.387 e. The number of ether oxygens (including phenoxy) is 3. The van der Waals surface area contributed by atoms with Crippen LogP contribution < -0.4 is 0 Å². The van der Waals surface area contributed by atoms with Crippen LogP contribution in [0.2, 0.25) is 0 Å². The Kier molecular flexibility index (Phi) is 1.92. The van der Waals surface area contributed by atoms with E-state index in [2.05, 4.69) is 0 Å². The highest BCUT2D eigenvalue weighted by Crippen LogP contribution is 2.36. The first-order valence-corrected chi connectivity index (χ1v) is 4.18. The van der Waals surface area contributed by atoms with Gasteiger partial charge in [-0.2, -0.15) is 0 Å². The van der Waals surface area contributed by atoms with Crippen LogP contribution in [0.15, 0.2) is 0 Å². The second-order valence-corrected chi connectivity index (χ2v) is 3.70. The summed E-state index contributed by atoms with van der Waals surface area (Å²) in [6, 6.07) is 0. The highest BCUT2D eigenvalue weighted by atomic mass is 16.8. The van der Waals surface area contributed by atoms with Crippen LogP contribution in [0.4, 0.5) is 0 Å². The van der Waals surface area contributed by atoms with Gasteiger partial charge in [0.25, 0.3) is 0 Å². The van der Waals surface area contributed by atoms with Gasteiger partial charge in [0.1, 0.15) is 18.3 Å². The average Bonchev–Trinajstić information content (AvgIpc) is 2.47. The Balaban J connectivity index is 2.11. The van der Waals surface area contributed by atoms with Crippen molar-refractivity contribution in [3.8, 4) is 0 Å². The number of carbonyl (C=O) groups excluding carboxylic acids is 1. The van der Waals surface area contributed by atoms with Gasteiger partial charge in [0.2, 0.25) is 0 Å². The standard InChI is InChI=1S/C8H12O5/c1-8(2)12-6-5(10)4(3-9)11-7(6)13-8/h3-7,10H,1-2H3/t4?,5-,6-,7-/m1/s1. The van der Waals surface area contributed by atoms with E-state index in [1.165, 1.54) is 0 Å². The Hall–Kier alpha value is -0.490. The summed E-state index contributed by atoms with van der Waals surface area (Å²) in [5.74, 6) is -0.746. The van der Waals surface area contributed by atoms with Crippen LogP contribution in [-0.2, 0) is 19.0 Å². The molecule has 1 N–H and O–H groups in total. The first-order valence-electron chi connectivity index (χ1n) is 4.18. The van der Waals surface area contributed by atoms with Crippen LogP contribution in [0, 0.1) is 0 Å². The van der Waals surface area contributed by atoms with Gasteiger partial charge in [0.15, 0.2) is 18.4 Å². The van der Waals surface area contributed by atoms with Crippen molar-refractivity contribution < 1.29 is 24.1 Å². The maximum absolute atomic E-state index is 10.4. The molecule has 0 bridgehead atoms. The molecule has 0 radical (unpaired) electrons. The number of aldehydes is 1. The van der Waals surface area contributed by atoms with Crippen molar-refractivity contribution in [2.24, 2.45) is 0 Å². The van der Waals surface area contributed by atoms with Gasteiger partial charge in [0, 0.05) is 0 Å². The number of carbonyl (C=O) groups is 1. The second kappa shape index (κ2) is 2.75. The molecule has 13 heavy (non-hydrogen) atoms. The van der Waals surface area contributed by atoms with Crippen molar-refractivity contribution in [2.75, 3.05) is 0 Å². The van der Waals surface area contributed by atoms with Gasteiger partial charge < -0.3 is 24.1 Å². The lowest BCUT2D eigenvalue weighted by Crippen LogP contribution is -2.35. The molecule has 0 aromatic heterocycles. The van der Waals surface area contributed by atoms with Crippen molar-refractivity contribution in [2.45, 2.75) is 44.2 Å². The summed E-state index contributed by atoms with van der Waals surface area (Å²) in [5, 5.41) is 9.53. The molecule has 1 unspecified atom stereocenters. The molecule has 2 aliphatic heterocycles. The molecule has 2 heterocycles. The predicted octanol–water partition coefficient (Wildman–Crippen LogP) is -0.577. The Labute approximate surface area is 75.6 Å². The number of aliphatic hydroxyl groups excluding tert-OH is 1. The van der Waals surface area contributed by atoms with Gasteiger partial charge >= 0.3 is 0 Å². The molecule has 0 aromatic rings. The topological polar surface area (TPSA) is 65.0 Å². The normalized spacial score (nSPS) is 47.6. The molecule has 0 saturated carbocycles. The fourth-order valence-corrected chi connectivity index (χ4v) is 1.63. The van der Waals surface area contributed by atoms with Gasteiger partial charge in [0.05, 0.1) is 0 Å². The molecule has 0 spiro atoms. The van der Waals surface area contributed by atoms with Gasteiger partial charge in [-0.15, -0.1) is 0 Å². The third kappa shape index (κ3) is 1.38. The minimum absolute atomic E-state index is 0.551. The summed E-state index contributed by atoms with van der Waals surface area (Å²) >= 11 is 0. The molecule has 0 amide bonds. The lowest BCUT2D eigenvalue weighted by molar-refractivity contribution is -0.212. The number of hydrogen-bond acceptors (Lipinski definition) is 5. The third-order valence-corrected chi connectivity index (χ3v) is 2.19. The van der Waals surface area contributed by atoms with E-state index in [-0.39, 0.29) is 0 Å². The van der Waals surface area contributed by atoms with Gasteiger partial charge in [-0.1, -0.05) is 0 Å². The van der Waals surface area contributed by atoms with E-state index in [1.807, 2.05) is 0 Å². The van der Waals surface area contributed by atoms with Crippen molar-refractivity contribution in [1.82, 2.24) is 0 Å². The SMILES string of the molecule is CC1(C)O[C@H]2OC(C=O)[C@@H](O)[C@H]2O1. The Morgan fingerprint density at radius 1 is 1.38 bits per heavy atom. The molecule has 2 saturated heterocycles. The lowest BCUT2D eigenvalue weighted by atomic mass is 10.1. The van der Waals surface area contributed by atoms with Gasteiger partial charge in [-0.3, -0.25) is 0 Å². The molecule has 2 fully saturated rings. The highest BCUT2D eigenvalue weighted by molar-refractivity contribution is 5.58. The molecular formula is C8H12O5. The van der Waals surface area contributed by atoms with Crippen LogP contribution in [0.3, 0.4) is 0 Å². The maximum Gasteiger partial charge on any atom is 0.190 e. The summed E-state index contributed by atoms with van der Waals surface area (Å²) in [7, 11) is 0. The molecular weight excluding hydrogens is 176 g/mol. The monoisotopic (exact) mass is 188 g/mol. The van der Waals surface area contributed by atoms with Crippen LogP contribution >= 0.6 is 0 Å². The Morgan fingerprint density at radius 3 is 2.62 bits per heavy atom. The molecule has 74 valence electrons.